The van der Waals surface area contributed by atoms with Crippen molar-refractivity contribution in [2.45, 2.75) is 19.4 Å². The van der Waals surface area contributed by atoms with E-state index in [2.05, 4.69) is 15.8 Å². The molecule has 8 heteroatoms. The van der Waals surface area contributed by atoms with Gasteiger partial charge in [0.15, 0.2) is 0 Å². The second kappa shape index (κ2) is 8.44. The third-order valence-electron chi connectivity index (χ3n) is 3.44. The van der Waals surface area contributed by atoms with Crippen molar-refractivity contribution in [2.24, 2.45) is 5.10 Å². The number of nitrogens with zero attached hydrogens (tertiary/aromatic N) is 2. The quantitative estimate of drug-likeness (QED) is 0.406. The maximum Gasteiger partial charge on any atom is 0.270 e. The summed E-state index contributed by atoms with van der Waals surface area (Å²) in [6.45, 7) is 1.86. The number of phenolic OH excluding ortho intramolecular Hbond substituents is 1. The minimum absolute atomic E-state index is 0.138. The van der Waals surface area contributed by atoms with E-state index in [1.165, 1.54) is 18.2 Å². The van der Waals surface area contributed by atoms with Gasteiger partial charge in [-0.2, -0.15) is 5.10 Å². The summed E-state index contributed by atoms with van der Waals surface area (Å²) in [5.74, 6) is -0.523. The number of phenols is 1. The van der Waals surface area contributed by atoms with Gasteiger partial charge in [-0.15, -0.1) is 0 Å². The summed E-state index contributed by atoms with van der Waals surface area (Å²) in [6.07, 6.45) is 1.70. The van der Waals surface area contributed by atoms with Gasteiger partial charge in [-0.25, -0.2) is 5.43 Å². The molecule has 0 saturated heterocycles. The normalized spacial score (nSPS) is 11.9. The fraction of sp³-hybridized carbons (Fsp3) is 0.176. The molecule has 0 radical (unpaired) electrons. The zero-order valence-corrected chi connectivity index (χ0v) is 13.5. The highest BCUT2D eigenvalue weighted by Gasteiger charge is 2.15. The lowest BCUT2D eigenvalue weighted by Crippen LogP contribution is -2.36. The van der Waals surface area contributed by atoms with Gasteiger partial charge in [0.1, 0.15) is 11.8 Å². The summed E-state index contributed by atoms with van der Waals surface area (Å²) in [5.41, 5.74) is 3.13. The Bertz CT molecular complexity index is 777. The lowest BCUT2D eigenvalue weighted by Gasteiger charge is -2.16. The summed E-state index contributed by atoms with van der Waals surface area (Å²) in [7, 11) is 0. The number of hydrogen-bond donors (Lipinski definition) is 3. The summed E-state index contributed by atoms with van der Waals surface area (Å²) in [6, 6.07) is 12.4. The number of anilines is 1. The van der Waals surface area contributed by atoms with Gasteiger partial charge in [0.05, 0.1) is 11.1 Å². The average molecular weight is 342 g/mol. The van der Waals surface area contributed by atoms with E-state index in [1.807, 2.05) is 37.3 Å². The molecular formula is C17H18N4O4. The number of nitro groups is 1. The molecule has 0 aromatic heterocycles. The van der Waals surface area contributed by atoms with E-state index in [-0.39, 0.29) is 22.9 Å². The van der Waals surface area contributed by atoms with Crippen molar-refractivity contribution in [1.82, 2.24) is 5.43 Å². The van der Waals surface area contributed by atoms with E-state index < -0.39 is 11.0 Å². The van der Waals surface area contributed by atoms with Crippen molar-refractivity contribution in [3.8, 4) is 5.75 Å². The van der Waals surface area contributed by atoms with Crippen molar-refractivity contribution < 1.29 is 14.8 Å². The number of hydrogen-bond acceptors (Lipinski definition) is 6. The smallest absolute Gasteiger partial charge is 0.270 e. The maximum absolute atomic E-state index is 12.2. The number of rotatable bonds is 7. The molecule has 0 fully saturated rings. The molecule has 2 aromatic carbocycles. The number of nitro benzene ring substituents is 1. The Kier molecular flexibility index (Phi) is 6.05. The molecule has 0 saturated carbocycles. The number of hydrazone groups is 1. The fourth-order valence-corrected chi connectivity index (χ4v) is 2.09. The van der Waals surface area contributed by atoms with Crippen molar-refractivity contribution in [1.29, 1.82) is 0 Å². The van der Waals surface area contributed by atoms with E-state index in [1.54, 1.807) is 0 Å². The molecule has 2 aromatic rings. The van der Waals surface area contributed by atoms with E-state index in [4.69, 9.17) is 0 Å². The standard InChI is InChI=1S/C17H18N4O4/c1-2-15(19-13-6-4-3-5-7-13)17(23)20-18-11-12-10-14(21(24)25)8-9-16(12)22/h3-11,15,19,22H,2H2,1H3,(H,20,23)/b18-11+. The third-order valence-corrected chi connectivity index (χ3v) is 3.44. The fourth-order valence-electron chi connectivity index (χ4n) is 2.09. The molecule has 0 aliphatic rings. The number of nitrogens with one attached hydrogen (secondary N) is 2. The Morgan fingerprint density at radius 3 is 2.68 bits per heavy atom. The SMILES string of the molecule is CCC(Nc1ccccc1)C(=O)N/N=C/c1cc([N+](=O)[O-])ccc1O. The number of carbonyl (C=O) groups is 1. The summed E-state index contributed by atoms with van der Waals surface area (Å²) in [4.78, 5) is 22.3. The largest absolute Gasteiger partial charge is 0.507 e. The second-order valence-corrected chi connectivity index (χ2v) is 5.21. The first-order valence-electron chi connectivity index (χ1n) is 7.63. The molecule has 0 bridgehead atoms. The zero-order valence-electron chi connectivity index (χ0n) is 13.5. The summed E-state index contributed by atoms with van der Waals surface area (Å²) >= 11 is 0. The van der Waals surface area contributed by atoms with Crippen molar-refractivity contribution in [2.75, 3.05) is 5.32 Å². The number of aromatic hydroxyl groups is 1. The van der Waals surface area contributed by atoms with Crippen LogP contribution in [-0.4, -0.2) is 28.2 Å². The van der Waals surface area contributed by atoms with Crippen LogP contribution < -0.4 is 10.7 Å². The predicted octanol–water partition coefficient (Wildman–Crippen LogP) is 2.64. The first kappa shape index (κ1) is 17.9. The highest BCUT2D eigenvalue weighted by Crippen LogP contribution is 2.21. The van der Waals surface area contributed by atoms with Crippen LogP contribution in [0.25, 0.3) is 0 Å². The minimum Gasteiger partial charge on any atom is -0.507 e. The number of amides is 1. The van der Waals surface area contributed by atoms with Crippen LogP contribution in [-0.2, 0) is 4.79 Å². The molecule has 0 spiro atoms. The van der Waals surface area contributed by atoms with Crippen LogP contribution >= 0.6 is 0 Å². The highest BCUT2D eigenvalue weighted by atomic mass is 16.6. The molecule has 1 unspecified atom stereocenters. The lowest BCUT2D eigenvalue weighted by atomic mass is 10.2. The molecule has 25 heavy (non-hydrogen) atoms. The molecule has 130 valence electrons. The van der Waals surface area contributed by atoms with Crippen LogP contribution in [0, 0.1) is 10.1 Å². The van der Waals surface area contributed by atoms with Gasteiger partial charge < -0.3 is 10.4 Å². The van der Waals surface area contributed by atoms with E-state index >= 15 is 0 Å². The van der Waals surface area contributed by atoms with Crippen LogP contribution in [0.1, 0.15) is 18.9 Å². The molecule has 0 aliphatic carbocycles. The summed E-state index contributed by atoms with van der Waals surface area (Å²) < 4.78 is 0. The molecule has 3 N–H and O–H groups in total. The van der Waals surface area contributed by atoms with Crippen LogP contribution in [0.15, 0.2) is 53.6 Å². The third kappa shape index (κ3) is 5.03. The molecular weight excluding hydrogens is 324 g/mol. The first-order valence-corrected chi connectivity index (χ1v) is 7.63. The Morgan fingerprint density at radius 2 is 2.04 bits per heavy atom. The number of non-ortho nitro benzene ring substituents is 1. The van der Waals surface area contributed by atoms with Gasteiger partial charge in [0.25, 0.3) is 11.6 Å². The molecule has 1 amide bonds. The molecule has 1 atom stereocenters. The second-order valence-electron chi connectivity index (χ2n) is 5.21. The molecule has 8 nitrogen and oxygen atoms in total. The van der Waals surface area contributed by atoms with Crippen LogP contribution in [0.2, 0.25) is 0 Å². The van der Waals surface area contributed by atoms with Gasteiger partial charge >= 0.3 is 0 Å². The van der Waals surface area contributed by atoms with Gasteiger partial charge in [-0.05, 0) is 24.6 Å². The first-order chi connectivity index (χ1) is 12.0. The zero-order chi connectivity index (χ0) is 18.2. The monoisotopic (exact) mass is 342 g/mol. The molecule has 0 aliphatic heterocycles. The van der Waals surface area contributed by atoms with Crippen molar-refractivity contribution >= 4 is 23.5 Å². The molecule has 2 rings (SSSR count). The topological polar surface area (TPSA) is 117 Å². The Hall–Kier alpha value is -3.42. The van der Waals surface area contributed by atoms with E-state index in [9.17, 15) is 20.0 Å². The minimum atomic E-state index is -0.577. The van der Waals surface area contributed by atoms with Gasteiger partial charge in [-0.3, -0.25) is 14.9 Å². The maximum atomic E-state index is 12.2. The Morgan fingerprint density at radius 1 is 1.32 bits per heavy atom. The van der Waals surface area contributed by atoms with E-state index in [0.717, 1.165) is 11.9 Å². The average Bonchev–Trinajstić information content (AvgIpc) is 2.61. The van der Waals surface area contributed by atoms with Gasteiger partial charge in [-0.1, -0.05) is 25.1 Å². The predicted molar refractivity (Wildman–Crippen MR) is 94.6 cm³/mol. The number of para-hydroxylation sites is 1. The van der Waals surface area contributed by atoms with Crippen molar-refractivity contribution in [3.63, 3.8) is 0 Å². The van der Waals surface area contributed by atoms with Crippen LogP contribution in [0.3, 0.4) is 0 Å². The van der Waals surface area contributed by atoms with E-state index in [0.29, 0.717) is 6.42 Å². The Labute approximate surface area is 144 Å². The number of carbonyl (C=O) groups excluding carboxylic acids is 1. The Balaban J connectivity index is 2.01. The molecule has 0 heterocycles. The van der Waals surface area contributed by atoms with Crippen molar-refractivity contribution in [3.05, 3.63) is 64.2 Å². The van der Waals surface area contributed by atoms with Crippen LogP contribution in [0.4, 0.5) is 11.4 Å². The van der Waals surface area contributed by atoms with Gasteiger partial charge in [0.2, 0.25) is 0 Å². The van der Waals surface area contributed by atoms with Gasteiger partial charge in [0, 0.05) is 23.4 Å². The number of benzene rings is 2. The highest BCUT2D eigenvalue weighted by molar-refractivity contribution is 5.88. The lowest BCUT2D eigenvalue weighted by molar-refractivity contribution is -0.384. The van der Waals surface area contributed by atoms with Crippen LogP contribution in [0.5, 0.6) is 5.75 Å². The summed E-state index contributed by atoms with van der Waals surface area (Å²) in [5, 5.41) is 27.3.